The van der Waals surface area contributed by atoms with E-state index in [1.807, 2.05) is 0 Å². The summed E-state index contributed by atoms with van der Waals surface area (Å²) in [4.78, 5) is 15.4. The molecule has 18 heavy (non-hydrogen) atoms. The molecule has 0 unspecified atom stereocenters. The number of aromatic nitrogens is 2. The van der Waals surface area contributed by atoms with E-state index >= 15 is 0 Å². The summed E-state index contributed by atoms with van der Waals surface area (Å²) < 4.78 is 1.74. The van der Waals surface area contributed by atoms with Crippen LogP contribution in [0.15, 0.2) is 18.2 Å². The standard InChI is InChI=1S/C12H13N5O/c1-15-11(18)4-5-17-10-6-8(7-13)2-3-9(10)16-12(17)14/h2-3,6H,4-5H2,1H3,(H2,14,16)(H,15,18). The van der Waals surface area contributed by atoms with E-state index in [0.29, 0.717) is 24.5 Å². The molecule has 0 aliphatic carbocycles. The summed E-state index contributed by atoms with van der Waals surface area (Å²) in [6.45, 7) is 0.441. The third-order valence-electron chi connectivity index (χ3n) is 2.75. The minimum atomic E-state index is -0.0623. The number of carbonyl (C=O) groups excluding carboxylic acids is 1. The van der Waals surface area contributed by atoms with Crippen molar-refractivity contribution in [3.63, 3.8) is 0 Å². The number of fused-ring (bicyclic) bond motifs is 1. The number of imidazole rings is 1. The third kappa shape index (κ3) is 2.11. The first-order valence-electron chi connectivity index (χ1n) is 5.52. The minimum absolute atomic E-state index is 0.0623. The number of hydrogen-bond acceptors (Lipinski definition) is 4. The summed E-state index contributed by atoms with van der Waals surface area (Å²) >= 11 is 0. The highest BCUT2D eigenvalue weighted by Crippen LogP contribution is 2.19. The fourth-order valence-electron chi connectivity index (χ4n) is 1.78. The molecular formula is C12H13N5O. The molecule has 92 valence electrons. The smallest absolute Gasteiger partial charge is 0.221 e. The van der Waals surface area contributed by atoms with Crippen molar-refractivity contribution in [1.82, 2.24) is 14.9 Å². The zero-order valence-electron chi connectivity index (χ0n) is 9.97. The Balaban J connectivity index is 2.39. The van der Waals surface area contributed by atoms with Crippen LogP contribution in [-0.2, 0) is 11.3 Å². The highest BCUT2D eigenvalue weighted by atomic mass is 16.1. The topological polar surface area (TPSA) is 96.7 Å². The molecule has 2 aromatic rings. The Hall–Kier alpha value is -2.55. The van der Waals surface area contributed by atoms with Crippen LogP contribution in [-0.4, -0.2) is 22.5 Å². The summed E-state index contributed by atoms with van der Waals surface area (Å²) in [5.41, 5.74) is 7.85. The van der Waals surface area contributed by atoms with Crippen molar-refractivity contribution in [3.05, 3.63) is 23.8 Å². The summed E-state index contributed by atoms with van der Waals surface area (Å²) in [6, 6.07) is 7.24. The van der Waals surface area contributed by atoms with E-state index in [1.165, 1.54) is 0 Å². The van der Waals surface area contributed by atoms with E-state index in [0.717, 1.165) is 11.0 Å². The first-order chi connectivity index (χ1) is 8.65. The number of nitrogen functional groups attached to an aromatic ring is 1. The maximum Gasteiger partial charge on any atom is 0.221 e. The molecule has 0 atom stereocenters. The van der Waals surface area contributed by atoms with Gasteiger partial charge in [-0.25, -0.2) is 4.98 Å². The summed E-state index contributed by atoms with van der Waals surface area (Å²) in [5.74, 6) is 0.289. The Morgan fingerprint density at radius 2 is 2.39 bits per heavy atom. The van der Waals surface area contributed by atoms with Crippen LogP contribution in [0.5, 0.6) is 0 Å². The highest BCUT2D eigenvalue weighted by Gasteiger charge is 2.10. The number of nitrogens with one attached hydrogen (secondary N) is 1. The molecule has 0 bridgehead atoms. The molecule has 6 heteroatoms. The van der Waals surface area contributed by atoms with Crippen molar-refractivity contribution in [1.29, 1.82) is 5.26 Å². The van der Waals surface area contributed by atoms with Gasteiger partial charge in [-0.05, 0) is 18.2 Å². The molecule has 0 saturated heterocycles. The number of rotatable bonds is 3. The van der Waals surface area contributed by atoms with E-state index in [-0.39, 0.29) is 5.91 Å². The first-order valence-corrected chi connectivity index (χ1v) is 5.52. The van der Waals surface area contributed by atoms with Crippen molar-refractivity contribution >= 4 is 22.9 Å². The SMILES string of the molecule is CNC(=O)CCn1c(N)nc2ccc(C#N)cc21. The van der Waals surface area contributed by atoms with E-state index in [4.69, 9.17) is 11.0 Å². The van der Waals surface area contributed by atoms with Gasteiger partial charge in [0, 0.05) is 20.0 Å². The second-order valence-corrected chi connectivity index (χ2v) is 3.86. The van der Waals surface area contributed by atoms with E-state index < -0.39 is 0 Å². The number of nitriles is 1. The van der Waals surface area contributed by atoms with Crippen molar-refractivity contribution in [2.45, 2.75) is 13.0 Å². The Morgan fingerprint density at radius 3 is 3.06 bits per heavy atom. The first kappa shape index (κ1) is 11.9. The predicted molar refractivity (Wildman–Crippen MR) is 67.5 cm³/mol. The lowest BCUT2D eigenvalue weighted by molar-refractivity contribution is -0.120. The molecule has 0 aliphatic rings. The molecular weight excluding hydrogens is 230 g/mol. The van der Waals surface area contributed by atoms with Crippen molar-refractivity contribution in [3.8, 4) is 6.07 Å². The quantitative estimate of drug-likeness (QED) is 0.826. The van der Waals surface area contributed by atoms with Gasteiger partial charge in [-0.2, -0.15) is 5.26 Å². The van der Waals surface area contributed by atoms with Crippen LogP contribution >= 0.6 is 0 Å². The van der Waals surface area contributed by atoms with Crippen LogP contribution in [0.1, 0.15) is 12.0 Å². The van der Waals surface area contributed by atoms with Crippen molar-refractivity contribution in [2.24, 2.45) is 0 Å². The average Bonchev–Trinajstić information content (AvgIpc) is 2.70. The number of carbonyl (C=O) groups is 1. The molecule has 3 N–H and O–H groups in total. The third-order valence-corrected chi connectivity index (χ3v) is 2.75. The fraction of sp³-hybridized carbons (Fsp3) is 0.250. The lowest BCUT2D eigenvalue weighted by atomic mass is 10.2. The van der Waals surface area contributed by atoms with Gasteiger partial charge in [-0.1, -0.05) is 0 Å². The number of aryl methyl sites for hydroxylation is 1. The largest absolute Gasteiger partial charge is 0.369 e. The molecule has 1 heterocycles. The van der Waals surface area contributed by atoms with Crippen LogP contribution in [0.2, 0.25) is 0 Å². The lowest BCUT2D eigenvalue weighted by Gasteiger charge is -2.05. The van der Waals surface area contributed by atoms with Gasteiger partial charge in [0.15, 0.2) is 0 Å². The number of hydrogen-bond donors (Lipinski definition) is 2. The number of benzene rings is 1. The van der Waals surface area contributed by atoms with Gasteiger partial charge in [0.25, 0.3) is 0 Å². The maximum atomic E-state index is 11.2. The zero-order valence-corrected chi connectivity index (χ0v) is 9.97. The average molecular weight is 243 g/mol. The van der Waals surface area contributed by atoms with E-state index in [1.54, 1.807) is 29.8 Å². The van der Waals surface area contributed by atoms with E-state index in [9.17, 15) is 4.79 Å². The van der Waals surface area contributed by atoms with Crippen LogP contribution in [0, 0.1) is 11.3 Å². The van der Waals surface area contributed by atoms with Crippen molar-refractivity contribution in [2.75, 3.05) is 12.8 Å². The summed E-state index contributed by atoms with van der Waals surface area (Å²) in [5, 5.41) is 11.4. The number of nitrogens with two attached hydrogens (primary N) is 1. The molecule has 1 amide bonds. The molecule has 0 spiro atoms. The van der Waals surface area contributed by atoms with Gasteiger partial charge in [-0.3, -0.25) is 4.79 Å². The number of anilines is 1. The Bertz CT molecular complexity index is 638. The minimum Gasteiger partial charge on any atom is -0.369 e. The van der Waals surface area contributed by atoms with Gasteiger partial charge < -0.3 is 15.6 Å². The zero-order chi connectivity index (χ0) is 13.1. The van der Waals surface area contributed by atoms with Gasteiger partial charge in [-0.15, -0.1) is 0 Å². The number of nitrogens with zero attached hydrogens (tertiary/aromatic N) is 3. The molecule has 2 rings (SSSR count). The van der Waals surface area contributed by atoms with Gasteiger partial charge in [0.2, 0.25) is 11.9 Å². The van der Waals surface area contributed by atoms with Gasteiger partial charge >= 0.3 is 0 Å². The Morgan fingerprint density at radius 1 is 1.61 bits per heavy atom. The molecule has 1 aromatic carbocycles. The Kier molecular flexibility index (Phi) is 3.15. The van der Waals surface area contributed by atoms with Gasteiger partial charge in [0.1, 0.15) is 0 Å². The second kappa shape index (κ2) is 4.75. The summed E-state index contributed by atoms with van der Waals surface area (Å²) in [6.07, 6.45) is 0.322. The highest BCUT2D eigenvalue weighted by molar-refractivity contribution is 5.80. The fourth-order valence-corrected chi connectivity index (χ4v) is 1.78. The molecule has 0 radical (unpaired) electrons. The molecule has 0 aliphatic heterocycles. The lowest BCUT2D eigenvalue weighted by Crippen LogP contribution is -2.19. The Labute approximate surface area is 104 Å². The molecule has 6 nitrogen and oxygen atoms in total. The van der Waals surface area contributed by atoms with Crippen LogP contribution in [0.25, 0.3) is 11.0 Å². The van der Waals surface area contributed by atoms with Crippen LogP contribution in [0.3, 0.4) is 0 Å². The molecule has 0 fully saturated rings. The van der Waals surface area contributed by atoms with Crippen LogP contribution in [0.4, 0.5) is 5.95 Å². The second-order valence-electron chi connectivity index (χ2n) is 3.86. The maximum absolute atomic E-state index is 11.2. The normalized spacial score (nSPS) is 10.2. The molecule has 0 saturated carbocycles. The monoisotopic (exact) mass is 243 g/mol. The predicted octanol–water partition coefficient (Wildman–Crippen LogP) is 0.626. The number of amides is 1. The van der Waals surface area contributed by atoms with Crippen LogP contribution < -0.4 is 11.1 Å². The van der Waals surface area contributed by atoms with Gasteiger partial charge in [0.05, 0.1) is 22.7 Å². The summed E-state index contributed by atoms with van der Waals surface area (Å²) in [7, 11) is 1.59. The van der Waals surface area contributed by atoms with Crippen molar-refractivity contribution < 1.29 is 4.79 Å². The molecule has 1 aromatic heterocycles. The van der Waals surface area contributed by atoms with E-state index in [2.05, 4.69) is 16.4 Å².